The third kappa shape index (κ3) is 18.8. The third-order valence-corrected chi connectivity index (χ3v) is 18.1. The van der Waals surface area contributed by atoms with Crippen LogP contribution >= 0.6 is 0 Å². The third-order valence-electron chi connectivity index (χ3n) is 18.1. The summed E-state index contributed by atoms with van der Waals surface area (Å²) < 4.78 is 53.0. The quantitative estimate of drug-likeness (QED) is 0.0293. The van der Waals surface area contributed by atoms with Gasteiger partial charge in [0.25, 0.3) is 0 Å². The van der Waals surface area contributed by atoms with Gasteiger partial charge in [-0.05, 0) is 134 Å². The van der Waals surface area contributed by atoms with E-state index >= 15 is 0 Å². The summed E-state index contributed by atoms with van der Waals surface area (Å²) in [6.45, 7) is 27.8. The van der Waals surface area contributed by atoms with Crippen LogP contribution in [0, 0.1) is 17.8 Å². The molecule has 0 saturated carbocycles. The van der Waals surface area contributed by atoms with E-state index in [0.717, 1.165) is 79.3 Å². The van der Waals surface area contributed by atoms with Crippen molar-refractivity contribution in [2.75, 3.05) is 56.9 Å². The average molecular weight is 1440 g/mol. The molecule has 3 aromatic carbocycles. The smallest absolute Gasteiger partial charge is 0.408 e. The summed E-state index contributed by atoms with van der Waals surface area (Å²) in [4.78, 5) is 112. The van der Waals surface area contributed by atoms with E-state index in [-0.39, 0.29) is 48.2 Å². The lowest BCUT2D eigenvalue weighted by Gasteiger charge is -2.46. The van der Waals surface area contributed by atoms with E-state index in [1.165, 1.54) is 21.1 Å². The number of esters is 2. The molecule has 4 aliphatic heterocycles. The first-order valence-corrected chi connectivity index (χ1v) is 34.7. The minimum Gasteiger partial charge on any atom is -0.493 e. The molecule has 28 nitrogen and oxygen atoms in total. The number of methoxy groups -OCH3 is 8. The average Bonchev–Trinajstić information content (AvgIpc) is 1.64. The van der Waals surface area contributed by atoms with Gasteiger partial charge in [0.05, 0.1) is 69.0 Å². The lowest BCUT2D eigenvalue weighted by atomic mass is 9.85. The number of fused-ring (bicyclic) bond motifs is 10. The molecular weight excluding hydrogens is 1330 g/mol. The molecule has 10 rings (SSSR count). The zero-order chi connectivity index (χ0) is 76.6. The number of rotatable bonds is 18. The number of aromatic amines is 3. The van der Waals surface area contributed by atoms with Gasteiger partial charge in [0.2, 0.25) is 17.7 Å². The van der Waals surface area contributed by atoms with Gasteiger partial charge in [0.15, 0.2) is 34.5 Å². The molecular formula is C75H107N9O19. The van der Waals surface area contributed by atoms with Gasteiger partial charge in [0.1, 0.15) is 47.5 Å². The highest BCUT2D eigenvalue weighted by molar-refractivity contribution is 6.00. The van der Waals surface area contributed by atoms with Crippen LogP contribution < -0.4 is 49.7 Å². The number of carboxylic acids is 1. The molecule has 0 spiro atoms. The molecule has 28 heteroatoms. The van der Waals surface area contributed by atoms with Crippen molar-refractivity contribution in [3.63, 3.8) is 0 Å². The number of hydrogen-bond donors (Lipinski definition) is 8. The minimum absolute atomic E-state index is 0.0188. The Labute approximate surface area is 602 Å². The van der Waals surface area contributed by atoms with Crippen molar-refractivity contribution in [2.24, 2.45) is 17.8 Å². The summed E-state index contributed by atoms with van der Waals surface area (Å²) in [5.74, 6) is 2.55. The zero-order valence-corrected chi connectivity index (χ0v) is 63.8. The number of hydrogen-bond acceptors (Lipinski definition) is 19. The summed E-state index contributed by atoms with van der Waals surface area (Å²) >= 11 is 0. The van der Waals surface area contributed by atoms with Crippen molar-refractivity contribution in [1.29, 1.82) is 0 Å². The number of amides is 5. The summed E-state index contributed by atoms with van der Waals surface area (Å²) in [6, 6.07) is 6.97. The van der Waals surface area contributed by atoms with Crippen LogP contribution in [0.3, 0.4) is 0 Å². The van der Waals surface area contributed by atoms with E-state index < -0.39 is 77.5 Å². The second kappa shape index (κ2) is 33.7. The van der Waals surface area contributed by atoms with E-state index in [1.54, 1.807) is 108 Å². The second-order valence-corrected chi connectivity index (χ2v) is 29.5. The molecule has 0 aliphatic carbocycles. The Morgan fingerprint density at radius 2 is 0.913 bits per heavy atom. The Kier molecular flexibility index (Phi) is 26.4. The Bertz CT molecular complexity index is 4060. The predicted octanol–water partition coefficient (Wildman–Crippen LogP) is 10.6. The van der Waals surface area contributed by atoms with Crippen molar-refractivity contribution in [3.05, 3.63) is 70.2 Å². The number of alkyl carbamates (subject to hydrolysis) is 2. The molecule has 1 fully saturated rings. The Morgan fingerprint density at radius 1 is 0.524 bits per heavy atom. The molecule has 0 unspecified atom stereocenters. The molecule has 5 amide bonds. The molecule has 0 radical (unpaired) electrons. The highest BCUT2D eigenvalue weighted by atomic mass is 16.6. The fourth-order valence-corrected chi connectivity index (χ4v) is 13.6. The maximum atomic E-state index is 13.8. The summed E-state index contributed by atoms with van der Waals surface area (Å²) in [5, 5.41) is 22.5. The number of carboxylic acid groups (broad SMARTS) is 1. The van der Waals surface area contributed by atoms with Crippen molar-refractivity contribution < 1.29 is 90.8 Å². The topological polar surface area (TPSA) is 351 Å². The number of nitrogens with one attached hydrogen (secondary N) is 7. The molecule has 6 aromatic rings. The van der Waals surface area contributed by atoms with Crippen LogP contribution in [0.2, 0.25) is 0 Å². The molecule has 4 aliphatic rings. The first-order valence-electron chi connectivity index (χ1n) is 34.7. The van der Waals surface area contributed by atoms with Crippen molar-refractivity contribution in [2.45, 2.75) is 208 Å². The molecule has 0 bridgehead atoms. The molecule has 3 aromatic heterocycles. The van der Waals surface area contributed by atoms with Crippen molar-refractivity contribution in [1.82, 2.24) is 46.0 Å². The van der Waals surface area contributed by atoms with E-state index in [1.807, 2.05) is 36.4 Å². The van der Waals surface area contributed by atoms with Crippen LogP contribution in [-0.4, -0.2) is 182 Å². The first-order chi connectivity index (χ1) is 48.4. The molecule has 9 atom stereocenters. The molecule has 8 N–H and O–H groups in total. The van der Waals surface area contributed by atoms with Crippen LogP contribution in [0.1, 0.15) is 175 Å². The fraction of sp³-hybridized carbons (Fsp3) is 0.573. The number of piperazine rings is 1. The highest BCUT2D eigenvalue weighted by Crippen LogP contribution is 2.47. The van der Waals surface area contributed by atoms with Crippen LogP contribution in [0.25, 0.3) is 32.7 Å². The number of carbonyl (C=O) groups excluding carboxylic acids is 7. The number of carbonyl (C=O) groups is 8. The second-order valence-electron chi connectivity index (χ2n) is 29.5. The van der Waals surface area contributed by atoms with E-state index in [2.05, 4.69) is 77.8 Å². The van der Waals surface area contributed by atoms with Crippen LogP contribution in [-0.2, 0) is 67.0 Å². The highest BCUT2D eigenvalue weighted by Gasteiger charge is 2.49. The summed E-state index contributed by atoms with van der Waals surface area (Å²) in [7, 11) is 12.4. The minimum atomic E-state index is -1.09. The SMILES string of the molecule is COC(=O)[C@H]1Cc2c([nH]c3cc(OC)c(OC)cc23)[C@H](CC(C)C)N1.COC(=O)[C@H]1Cc2c([nH]c3cc(OC)c(OC)cc23)[C@H](CC(C)C)N1C(=O)[C@H](C)NC(=O)OC(C)(C)C.COc1cc2[nH]c3c(c2cc1OC)C[C@@H]1C(=O)N[C@@H](C)C(=O)N1[C@H]3CC(C)C.C[C@H](NC(=O)OC(C)(C)C)C(=O)O. The van der Waals surface area contributed by atoms with Crippen LogP contribution in [0.5, 0.6) is 34.5 Å². The largest absolute Gasteiger partial charge is 0.493 e. The maximum Gasteiger partial charge on any atom is 0.408 e. The number of H-pyrrole nitrogens is 3. The van der Waals surface area contributed by atoms with Gasteiger partial charge >= 0.3 is 30.1 Å². The standard InChI is InChI=1S/C27H39N3O7.C21H27N3O4.C19H26N2O4.C8H15NO4/c1-14(2)10-19-23-17(16-12-21(34-7)22(35-8)13-18(16)29-23)11-20(25(32)36-9)30(19)24(31)15(3)28-26(33)37-27(4,5)6;1-10(2)6-15-19-13(7-16-20(25)22-11(3)21(26)24(15)16)12-8-17(27-4)18(28-5)9-14(12)23-19;1-10(2)6-14-18-12(7-15(20-14)19(22)25-5)11-8-16(23-3)17(24-4)9-13(11)21-18;1-5(6(10)11)9-7(12)13-8(2,3)4/h12-15,19-20,29H,10-11H2,1-9H3,(H,28,33);8-11,15-16,23H,6-7H2,1-5H3,(H,22,25);8-10,14-15,20-21H,6-7H2,1-5H3;5H,1-4H3,(H,9,12)(H,10,11)/t15-,19-,20+;11-,15-,16+;14-,15+;5-/m0000/s1. The van der Waals surface area contributed by atoms with Gasteiger partial charge in [-0.2, -0.15) is 0 Å². The molecule has 566 valence electrons. The zero-order valence-electron chi connectivity index (χ0n) is 63.8. The Balaban J connectivity index is 0.000000202. The van der Waals surface area contributed by atoms with Gasteiger partial charge < -0.3 is 93.2 Å². The lowest BCUT2D eigenvalue weighted by Crippen LogP contribution is -2.65. The predicted molar refractivity (Wildman–Crippen MR) is 387 cm³/mol. The monoisotopic (exact) mass is 1440 g/mol. The molecule has 7 heterocycles. The summed E-state index contributed by atoms with van der Waals surface area (Å²) in [6.07, 6.45) is 2.21. The Hall–Kier alpha value is -9.60. The van der Waals surface area contributed by atoms with Gasteiger partial charge in [-0.25, -0.2) is 14.4 Å². The van der Waals surface area contributed by atoms with Gasteiger partial charge in [-0.3, -0.25) is 29.3 Å². The maximum absolute atomic E-state index is 13.8. The summed E-state index contributed by atoms with van der Waals surface area (Å²) in [5.41, 5.74) is 7.57. The number of nitrogens with zero attached hydrogens (tertiary/aromatic N) is 2. The number of benzene rings is 3. The number of aromatic nitrogens is 3. The van der Waals surface area contributed by atoms with Gasteiger partial charge in [-0.1, -0.05) is 41.5 Å². The number of aliphatic carboxylic acids is 1. The normalized spacial score (nSPS) is 19.6. The number of ether oxygens (including phenoxy) is 10. The van der Waals surface area contributed by atoms with E-state index in [9.17, 15) is 38.4 Å². The van der Waals surface area contributed by atoms with Crippen LogP contribution in [0.15, 0.2) is 36.4 Å². The molecule has 103 heavy (non-hydrogen) atoms. The first kappa shape index (κ1) is 80.7. The van der Waals surface area contributed by atoms with Gasteiger partial charge in [0, 0.05) is 93.3 Å². The Morgan fingerprint density at radius 3 is 1.32 bits per heavy atom. The van der Waals surface area contributed by atoms with E-state index in [4.69, 9.17) is 52.5 Å². The molecule has 1 saturated heterocycles. The van der Waals surface area contributed by atoms with Gasteiger partial charge in [-0.15, -0.1) is 0 Å². The van der Waals surface area contributed by atoms with Crippen molar-refractivity contribution in [3.8, 4) is 34.5 Å². The van der Waals surface area contributed by atoms with Crippen LogP contribution in [0.4, 0.5) is 9.59 Å². The van der Waals surface area contributed by atoms with Crippen molar-refractivity contribution >= 4 is 80.5 Å². The fourth-order valence-electron chi connectivity index (χ4n) is 13.6. The van der Waals surface area contributed by atoms with E-state index in [0.29, 0.717) is 65.6 Å². The lowest BCUT2D eigenvalue weighted by molar-refractivity contribution is -0.157.